The molecular formula is C15H14N4O2S2. The molecule has 6 nitrogen and oxygen atoms in total. The van der Waals surface area contributed by atoms with Crippen molar-refractivity contribution in [2.24, 2.45) is 10.8 Å². The van der Waals surface area contributed by atoms with Gasteiger partial charge in [-0.2, -0.15) is 5.10 Å². The molecular weight excluding hydrogens is 332 g/mol. The first kappa shape index (κ1) is 16.9. The molecule has 0 aromatic heterocycles. The number of nitro groups is 1. The minimum Gasteiger partial charge on any atom is -0.375 e. The minimum absolute atomic E-state index is 0.00540. The monoisotopic (exact) mass is 346 g/mol. The number of benzene rings is 2. The Kier molecular flexibility index (Phi) is 6.07. The van der Waals surface area contributed by atoms with Gasteiger partial charge in [-0.25, -0.2) is 0 Å². The lowest BCUT2D eigenvalue weighted by Crippen LogP contribution is -2.24. The number of thiocarbonyl (C=S) groups is 1. The van der Waals surface area contributed by atoms with E-state index in [4.69, 9.17) is 5.73 Å². The normalized spacial score (nSPS) is 10.6. The van der Waals surface area contributed by atoms with E-state index in [1.54, 1.807) is 17.8 Å². The van der Waals surface area contributed by atoms with Crippen LogP contribution >= 0.6 is 24.0 Å². The van der Waals surface area contributed by atoms with Gasteiger partial charge in [-0.3, -0.25) is 15.5 Å². The third-order valence-electron chi connectivity index (χ3n) is 2.82. The van der Waals surface area contributed by atoms with Crippen molar-refractivity contribution in [2.45, 2.75) is 10.6 Å². The topological polar surface area (TPSA) is 93.5 Å². The molecule has 0 aliphatic heterocycles. The van der Waals surface area contributed by atoms with Crippen LogP contribution in [0.2, 0.25) is 0 Å². The van der Waals surface area contributed by atoms with E-state index in [1.807, 2.05) is 30.3 Å². The third kappa shape index (κ3) is 5.35. The molecule has 2 rings (SSSR count). The van der Waals surface area contributed by atoms with E-state index in [0.717, 1.165) is 10.6 Å². The minimum atomic E-state index is -0.440. The maximum Gasteiger partial charge on any atom is 0.270 e. The lowest BCUT2D eigenvalue weighted by Gasteiger charge is -2.06. The standard InChI is InChI=1S/C15H14N4O2S2/c16-15(22)18-17-9-12-8-13(19(20)21)6-7-14(12)23-10-11-4-2-1-3-5-11/h1-9H,10H2,(H3,16,18,22). The van der Waals surface area contributed by atoms with E-state index >= 15 is 0 Å². The van der Waals surface area contributed by atoms with Gasteiger partial charge in [-0.15, -0.1) is 11.8 Å². The Hall–Kier alpha value is -2.45. The number of nitrogens with one attached hydrogen (secondary N) is 1. The molecule has 118 valence electrons. The zero-order valence-electron chi connectivity index (χ0n) is 12.0. The van der Waals surface area contributed by atoms with Crippen molar-refractivity contribution >= 4 is 41.0 Å². The molecule has 23 heavy (non-hydrogen) atoms. The molecule has 0 fully saturated rings. The van der Waals surface area contributed by atoms with Gasteiger partial charge in [0.25, 0.3) is 5.69 Å². The summed E-state index contributed by atoms with van der Waals surface area (Å²) in [4.78, 5) is 11.4. The van der Waals surface area contributed by atoms with E-state index in [-0.39, 0.29) is 10.8 Å². The maximum atomic E-state index is 10.9. The van der Waals surface area contributed by atoms with Crippen LogP contribution in [0.25, 0.3) is 0 Å². The summed E-state index contributed by atoms with van der Waals surface area (Å²) in [6.07, 6.45) is 1.47. The van der Waals surface area contributed by atoms with Crippen LogP contribution in [-0.2, 0) is 5.75 Å². The van der Waals surface area contributed by atoms with Gasteiger partial charge in [0, 0.05) is 28.3 Å². The van der Waals surface area contributed by atoms with Crippen LogP contribution in [0.4, 0.5) is 5.69 Å². The van der Waals surface area contributed by atoms with Crippen molar-refractivity contribution in [2.75, 3.05) is 0 Å². The molecule has 0 radical (unpaired) electrons. The lowest BCUT2D eigenvalue weighted by molar-refractivity contribution is -0.384. The van der Waals surface area contributed by atoms with Crippen LogP contribution in [0, 0.1) is 10.1 Å². The molecule has 0 unspecified atom stereocenters. The first-order valence-corrected chi connectivity index (χ1v) is 7.99. The summed E-state index contributed by atoms with van der Waals surface area (Å²) in [7, 11) is 0. The van der Waals surface area contributed by atoms with Crippen molar-refractivity contribution in [3.05, 3.63) is 69.8 Å². The van der Waals surface area contributed by atoms with Gasteiger partial charge in [0.2, 0.25) is 0 Å². The summed E-state index contributed by atoms with van der Waals surface area (Å²) in [6, 6.07) is 14.6. The van der Waals surface area contributed by atoms with Crippen LogP contribution < -0.4 is 11.2 Å². The van der Waals surface area contributed by atoms with Crippen LogP contribution in [-0.4, -0.2) is 16.3 Å². The molecule has 0 saturated carbocycles. The van der Waals surface area contributed by atoms with Crippen LogP contribution in [0.15, 0.2) is 58.5 Å². The van der Waals surface area contributed by atoms with Crippen molar-refractivity contribution in [1.29, 1.82) is 0 Å². The second kappa shape index (κ2) is 8.25. The summed E-state index contributed by atoms with van der Waals surface area (Å²) in [5.41, 5.74) is 9.54. The second-order valence-electron chi connectivity index (χ2n) is 4.49. The van der Waals surface area contributed by atoms with Gasteiger partial charge in [-0.1, -0.05) is 30.3 Å². The predicted octanol–water partition coefficient (Wildman–Crippen LogP) is 3.05. The molecule has 0 heterocycles. The fourth-order valence-corrected chi connectivity index (χ4v) is 2.79. The Morgan fingerprint density at radius 2 is 2.09 bits per heavy atom. The zero-order valence-corrected chi connectivity index (χ0v) is 13.6. The maximum absolute atomic E-state index is 10.9. The summed E-state index contributed by atoms with van der Waals surface area (Å²) >= 11 is 6.24. The number of hydrogen-bond acceptors (Lipinski definition) is 5. The summed E-state index contributed by atoms with van der Waals surface area (Å²) in [5, 5.41) is 14.8. The molecule has 0 aliphatic carbocycles. The van der Waals surface area contributed by atoms with Crippen molar-refractivity contribution < 1.29 is 4.92 Å². The van der Waals surface area contributed by atoms with Gasteiger partial charge in [0.05, 0.1) is 11.1 Å². The van der Waals surface area contributed by atoms with E-state index < -0.39 is 4.92 Å². The fourth-order valence-electron chi connectivity index (χ4n) is 1.78. The highest BCUT2D eigenvalue weighted by Gasteiger charge is 2.10. The Bertz CT molecular complexity index is 736. The lowest BCUT2D eigenvalue weighted by atomic mass is 10.2. The Morgan fingerprint density at radius 3 is 2.74 bits per heavy atom. The molecule has 8 heteroatoms. The molecule has 0 aliphatic rings. The van der Waals surface area contributed by atoms with E-state index in [2.05, 4.69) is 22.7 Å². The summed E-state index contributed by atoms with van der Waals surface area (Å²) < 4.78 is 0. The fraction of sp³-hybridized carbons (Fsp3) is 0.0667. The average molecular weight is 346 g/mol. The number of thioether (sulfide) groups is 1. The van der Waals surface area contributed by atoms with Gasteiger partial charge in [0.1, 0.15) is 0 Å². The Morgan fingerprint density at radius 1 is 1.35 bits per heavy atom. The first-order valence-electron chi connectivity index (χ1n) is 6.60. The number of hydrazone groups is 1. The average Bonchev–Trinajstić information content (AvgIpc) is 2.54. The van der Waals surface area contributed by atoms with E-state index in [1.165, 1.54) is 23.9 Å². The molecule has 0 amide bonds. The largest absolute Gasteiger partial charge is 0.375 e. The number of hydrogen-bond donors (Lipinski definition) is 2. The van der Waals surface area contributed by atoms with E-state index in [0.29, 0.717) is 5.56 Å². The Balaban J connectivity index is 2.20. The quantitative estimate of drug-likeness (QED) is 0.274. The number of non-ortho nitro benzene ring substituents is 1. The summed E-state index contributed by atoms with van der Waals surface area (Å²) in [5.74, 6) is 0.752. The van der Waals surface area contributed by atoms with Gasteiger partial charge >= 0.3 is 0 Å². The van der Waals surface area contributed by atoms with Gasteiger partial charge in [0.15, 0.2) is 5.11 Å². The highest BCUT2D eigenvalue weighted by Crippen LogP contribution is 2.28. The number of nitrogens with two attached hydrogens (primary N) is 1. The molecule has 0 saturated heterocycles. The van der Waals surface area contributed by atoms with Crippen molar-refractivity contribution in [1.82, 2.24) is 5.43 Å². The van der Waals surface area contributed by atoms with E-state index in [9.17, 15) is 10.1 Å². The number of rotatable bonds is 6. The summed E-state index contributed by atoms with van der Waals surface area (Å²) in [6.45, 7) is 0. The molecule has 0 atom stereocenters. The third-order valence-corrected chi connectivity index (χ3v) is 4.07. The van der Waals surface area contributed by atoms with Crippen molar-refractivity contribution in [3.63, 3.8) is 0 Å². The highest BCUT2D eigenvalue weighted by molar-refractivity contribution is 7.98. The zero-order chi connectivity index (χ0) is 16.7. The Labute approximate surface area is 142 Å². The molecule has 2 aromatic carbocycles. The second-order valence-corrected chi connectivity index (χ2v) is 5.94. The van der Waals surface area contributed by atoms with Gasteiger partial charge < -0.3 is 5.73 Å². The van der Waals surface area contributed by atoms with Gasteiger partial charge in [-0.05, 0) is 23.8 Å². The molecule has 3 N–H and O–H groups in total. The SMILES string of the molecule is NC(=S)NN=Cc1cc([N+](=O)[O-])ccc1SCc1ccccc1. The van der Waals surface area contributed by atoms with Crippen LogP contribution in [0.3, 0.4) is 0 Å². The smallest absolute Gasteiger partial charge is 0.270 e. The molecule has 0 bridgehead atoms. The van der Waals surface area contributed by atoms with Crippen molar-refractivity contribution in [3.8, 4) is 0 Å². The van der Waals surface area contributed by atoms with Crippen LogP contribution in [0.1, 0.15) is 11.1 Å². The molecule has 0 spiro atoms. The number of nitro benzene ring substituents is 1. The number of nitrogens with zero attached hydrogens (tertiary/aromatic N) is 2. The first-order chi connectivity index (χ1) is 11.1. The van der Waals surface area contributed by atoms with Crippen LogP contribution in [0.5, 0.6) is 0 Å². The predicted molar refractivity (Wildman–Crippen MR) is 96.6 cm³/mol. The molecule has 2 aromatic rings. The highest BCUT2D eigenvalue weighted by atomic mass is 32.2.